The van der Waals surface area contributed by atoms with Crippen molar-refractivity contribution >= 4 is 6.09 Å². The molecular weight excluding hydrogens is 284 g/mol. The molecule has 0 saturated carbocycles. The Kier molecular flexibility index (Phi) is 6.83. The van der Waals surface area contributed by atoms with Gasteiger partial charge in [-0.25, -0.2) is 9.78 Å². The van der Waals surface area contributed by atoms with Crippen LogP contribution in [0.5, 0.6) is 0 Å². The summed E-state index contributed by atoms with van der Waals surface area (Å²) in [5.41, 5.74) is -0.555. The molecule has 7 nitrogen and oxygen atoms in total. The number of likely N-dealkylation sites (N-methyl/N-ethyl adjacent to an activating group) is 1. The number of aromatic amines is 1. The van der Waals surface area contributed by atoms with Crippen molar-refractivity contribution < 1.29 is 14.6 Å². The normalized spacial score (nSPS) is 13.2. The van der Waals surface area contributed by atoms with E-state index in [-0.39, 0.29) is 0 Å². The Bertz CT molecular complexity index is 440. The lowest BCUT2D eigenvalue weighted by Crippen LogP contribution is -2.39. The molecule has 0 aliphatic rings. The first kappa shape index (κ1) is 18.4. The van der Waals surface area contributed by atoms with Crippen LogP contribution in [0.4, 0.5) is 4.79 Å². The van der Waals surface area contributed by atoms with Gasteiger partial charge in [-0.2, -0.15) is 0 Å². The van der Waals surface area contributed by atoms with Gasteiger partial charge >= 0.3 is 6.09 Å². The molecule has 1 aromatic heterocycles. The number of carbonyl (C=O) groups is 1. The number of aliphatic hydroxyl groups excluding tert-OH is 1. The Labute approximate surface area is 132 Å². The van der Waals surface area contributed by atoms with Crippen molar-refractivity contribution in [3.05, 3.63) is 18.2 Å². The maximum atomic E-state index is 12.3. The molecule has 7 heteroatoms. The summed E-state index contributed by atoms with van der Waals surface area (Å²) in [4.78, 5) is 22.9. The number of amides is 1. The number of aromatic nitrogens is 2. The van der Waals surface area contributed by atoms with Crippen LogP contribution >= 0.6 is 0 Å². The SMILES string of the molecule is CN(C)CC(O)CCN(Cc1ncc[nH]1)C(=O)OC(C)(C)C. The third kappa shape index (κ3) is 7.42. The van der Waals surface area contributed by atoms with Gasteiger partial charge in [-0.05, 0) is 41.3 Å². The van der Waals surface area contributed by atoms with Gasteiger partial charge in [0.15, 0.2) is 0 Å². The van der Waals surface area contributed by atoms with Crippen LogP contribution in [-0.4, -0.2) is 69.9 Å². The third-order valence-electron chi connectivity index (χ3n) is 2.86. The lowest BCUT2D eigenvalue weighted by molar-refractivity contribution is 0.0192. The van der Waals surface area contributed by atoms with E-state index in [1.807, 2.05) is 39.8 Å². The summed E-state index contributed by atoms with van der Waals surface area (Å²) in [6.07, 6.45) is 2.95. The van der Waals surface area contributed by atoms with Crippen LogP contribution in [0.3, 0.4) is 0 Å². The minimum Gasteiger partial charge on any atom is -0.444 e. The van der Waals surface area contributed by atoms with Crippen molar-refractivity contribution in [2.24, 2.45) is 0 Å². The third-order valence-corrected chi connectivity index (χ3v) is 2.86. The number of nitrogens with zero attached hydrogens (tertiary/aromatic N) is 3. The van der Waals surface area contributed by atoms with E-state index in [1.165, 1.54) is 0 Å². The van der Waals surface area contributed by atoms with Crippen molar-refractivity contribution in [2.45, 2.75) is 45.4 Å². The molecule has 1 aromatic rings. The fourth-order valence-electron chi connectivity index (χ4n) is 1.94. The van der Waals surface area contributed by atoms with Gasteiger partial charge in [-0.3, -0.25) is 0 Å². The molecule has 0 fully saturated rings. The van der Waals surface area contributed by atoms with Crippen LogP contribution in [0.15, 0.2) is 12.4 Å². The Morgan fingerprint density at radius 3 is 2.64 bits per heavy atom. The van der Waals surface area contributed by atoms with Crippen LogP contribution in [0, 0.1) is 0 Å². The molecule has 0 aliphatic heterocycles. The average Bonchev–Trinajstić information content (AvgIpc) is 2.83. The Morgan fingerprint density at radius 2 is 2.14 bits per heavy atom. The highest BCUT2D eigenvalue weighted by Gasteiger charge is 2.23. The van der Waals surface area contributed by atoms with Gasteiger partial charge in [0, 0.05) is 25.5 Å². The van der Waals surface area contributed by atoms with Crippen LogP contribution in [-0.2, 0) is 11.3 Å². The van der Waals surface area contributed by atoms with Crippen LogP contribution < -0.4 is 0 Å². The van der Waals surface area contributed by atoms with E-state index >= 15 is 0 Å². The number of carbonyl (C=O) groups excluding carboxylic acids is 1. The van der Waals surface area contributed by atoms with E-state index in [4.69, 9.17) is 4.74 Å². The van der Waals surface area contributed by atoms with Crippen molar-refractivity contribution in [3.8, 4) is 0 Å². The highest BCUT2D eigenvalue weighted by atomic mass is 16.6. The summed E-state index contributed by atoms with van der Waals surface area (Å²) in [6, 6.07) is 0. The van der Waals surface area contributed by atoms with E-state index in [0.717, 1.165) is 0 Å². The van der Waals surface area contributed by atoms with E-state index < -0.39 is 17.8 Å². The molecular formula is C15H28N4O3. The zero-order chi connectivity index (χ0) is 16.8. The van der Waals surface area contributed by atoms with Gasteiger partial charge in [0.25, 0.3) is 0 Å². The van der Waals surface area contributed by atoms with E-state index in [1.54, 1.807) is 17.3 Å². The van der Waals surface area contributed by atoms with Gasteiger partial charge < -0.3 is 24.6 Å². The van der Waals surface area contributed by atoms with Gasteiger partial charge in [0.2, 0.25) is 0 Å². The summed E-state index contributed by atoms with van der Waals surface area (Å²) in [5.74, 6) is 0.688. The Morgan fingerprint density at radius 1 is 1.45 bits per heavy atom. The van der Waals surface area contributed by atoms with Gasteiger partial charge in [-0.1, -0.05) is 0 Å². The Hall–Kier alpha value is -1.60. The number of ether oxygens (including phenoxy) is 1. The molecule has 0 spiro atoms. The van der Waals surface area contributed by atoms with Crippen LogP contribution in [0.25, 0.3) is 0 Å². The molecule has 0 radical (unpaired) electrons. The lowest BCUT2D eigenvalue weighted by Gasteiger charge is -2.28. The second-order valence-electron chi connectivity index (χ2n) is 6.64. The number of rotatable bonds is 7. The van der Waals surface area contributed by atoms with Gasteiger partial charge in [-0.15, -0.1) is 0 Å². The highest BCUT2D eigenvalue weighted by Crippen LogP contribution is 2.12. The quantitative estimate of drug-likeness (QED) is 0.796. The molecule has 1 unspecified atom stereocenters. The Balaban J connectivity index is 2.63. The largest absolute Gasteiger partial charge is 0.444 e. The minimum absolute atomic E-state index is 0.330. The van der Waals surface area contributed by atoms with Crippen LogP contribution in [0.1, 0.15) is 33.0 Å². The summed E-state index contributed by atoms with van der Waals surface area (Å²) >= 11 is 0. The zero-order valence-electron chi connectivity index (χ0n) is 14.2. The number of hydrogen-bond acceptors (Lipinski definition) is 5. The molecule has 0 bridgehead atoms. The molecule has 1 rings (SSSR count). The second kappa shape index (κ2) is 8.14. The first-order valence-corrected chi connectivity index (χ1v) is 7.46. The first-order chi connectivity index (χ1) is 10.2. The summed E-state index contributed by atoms with van der Waals surface area (Å²) in [6.45, 7) is 6.79. The average molecular weight is 312 g/mol. The molecule has 22 heavy (non-hydrogen) atoms. The lowest BCUT2D eigenvalue weighted by atomic mass is 10.2. The smallest absolute Gasteiger partial charge is 0.410 e. The molecule has 2 N–H and O–H groups in total. The zero-order valence-corrected chi connectivity index (χ0v) is 14.2. The monoisotopic (exact) mass is 312 g/mol. The molecule has 0 aliphatic carbocycles. The maximum Gasteiger partial charge on any atom is 0.410 e. The maximum absolute atomic E-state index is 12.3. The highest BCUT2D eigenvalue weighted by molar-refractivity contribution is 5.68. The van der Waals surface area contributed by atoms with Crippen molar-refractivity contribution in [3.63, 3.8) is 0 Å². The standard InChI is InChI=1S/C15H28N4O3/c1-15(2,3)22-14(21)19(11-13-16-7-8-17-13)9-6-12(20)10-18(4)5/h7-8,12,20H,6,9-11H2,1-5H3,(H,16,17). The fraction of sp³-hybridized carbons (Fsp3) is 0.733. The predicted molar refractivity (Wildman–Crippen MR) is 84.4 cm³/mol. The van der Waals surface area contributed by atoms with E-state index in [0.29, 0.717) is 31.9 Å². The fourth-order valence-corrected chi connectivity index (χ4v) is 1.94. The molecule has 0 saturated heterocycles. The molecule has 1 amide bonds. The number of nitrogens with one attached hydrogen (secondary N) is 1. The van der Waals surface area contributed by atoms with Crippen molar-refractivity contribution in [1.82, 2.24) is 19.8 Å². The van der Waals surface area contributed by atoms with Crippen molar-refractivity contribution in [1.29, 1.82) is 0 Å². The summed E-state index contributed by atoms with van der Waals surface area (Å²) in [7, 11) is 3.80. The number of H-pyrrole nitrogens is 1. The van der Waals surface area contributed by atoms with Crippen molar-refractivity contribution in [2.75, 3.05) is 27.2 Å². The molecule has 1 heterocycles. The minimum atomic E-state index is -0.555. The molecule has 126 valence electrons. The summed E-state index contributed by atoms with van der Waals surface area (Å²) < 4.78 is 5.42. The molecule has 1 atom stereocenters. The van der Waals surface area contributed by atoms with E-state index in [9.17, 15) is 9.90 Å². The molecule has 0 aromatic carbocycles. The summed E-state index contributed by atoms with van der Waals surface area (Å²) in [5, 5.41) is 9.97. The second-order valence-corrected chi connectivity index (χ2v) is 6.64. The van der Waals surface area contributed by atoms with Crippen LogP contribution in [0.2, 0.25) is 0 Å². The number of imidazole rings is 1. The predicted octanol–water partition coefficient (Wildman–Crippen LogP) is 1.46. The van der Waals surface area contributed by atoms with E-state index in [2.05, 4.69) is 9.97 Å². The first-order valence-electron chi connectivity index (χ1n) is 7.46. The van der Waals surface area contributed by atoms with Gasteiger partial charge in [0.1, 0.15) is 11.4 Å². The number of aliphatic hydroxyl groups is 1. The number of hydrogen-bond donors (Lipinski definition) is 2. The van der Waals surface area contributed by atoms with Gasteiger partial charge in [0.05, 0.1) is 12.6 Å². The topological polar surface area (TPSA) is 81.7 Å².